The molecule has 0 bridgehead atoms. The average molecular weight is 343 g/mol. The molecule has 0 atom stereocenters. The van der Waals surface area contributed by atoms with Gasteiger partial charge >= 0.3 is 0 Å². The molecule has 4 heteroatoms. The van der Waals surface area contributed by atoms with Crippen molar-refractivity contribution in [1.82, 2.24) is 15.6 Å². The van der Waals surface area contributed by atoms with E-state index >= 15 is 0 Å². The lowest BCUT2D eigenvalue weighted by Gasteiger charge is -2.11. The van der Waals surface area contributed by atoms with Gasteiger partial charge in [-0.3, -0.25) is 9.78 Å². The van der Waals surface area contributed by atoms with Gasteiger partial charge in [-0.25, -0.2) is 0 Å². The van der Waals surface area contributed by atoms with Crippen LogP contribution in [0.5, 0.6) is 0 Å². The number of rotatable bonds is 4. The van der Waals surface area contributed by atoms with Gasteiger partial charge in [-0.1, -0.05) is 36.4 Å². The highest BCUT2D eigenvalue weighted by Crippen LogP contribution is 2.40. The minimum Gasteiger partial charge on any atom is -0.348 e. The number of amides is 1. The first-order valence-electron chi connectivity index (χ1n) is 9.27. The number of carbonyl (C=O) groups is 1. The lowest BCUT2D eigenvalue weighted by Crippen LogP contribution is -2.23. The maximum Gasteiger partial charge on any atom is 0.252 e. The molecule has 1 aliphatic heterocycles. The molecule has 2 aromatic carbocycles. The molecule has 1 fully saturated rings. The highest BCUT2D eigenvalue weighted by molar-refractivity contribution is 6.06. The van der Waals surface area contributed by atoms with Crippen molar-refractivity contribution in [2.45, 2.75) is 38.4 Å². The van der Waals surface area contributed by atoms with Gasteiger partial charge < -0.3 is 10.6 Å². The molecule has 1 saturated carbocycles. The molecular formula is C22H21N3O. The zero-order chi connectivity index (χ0) is 17.5. The lowest BCUT2D eigenvalue weighted by molar-refractivity contribution is 0.0952. The Morgan fingerprint density at radius 2 is 1.92 bits per heavy atom. The van der Waals surface area contributed by atoms with Gasteiger partial charge in [-0.2, -0.15) is 0 Å². The van der Waals surface area contributed by atoms with Crippen LogP contribution in [0.2, 0.25) is 0 Å². The van der Waals surface area contributed by atoms with Gasteiger partial charge in [0.2, 0.25) is 0 Å². The quantitative estimate of drug-likeness (QED) is 0.760. The fraction of sp³-hybridized carbons (Fsp3) is 0.273. The Morgan fingerprint density at radius 1 is 1.08 bits per heavy atom. The molecule has 0 spiro atoms. The summed E-state index contributed by atoms with van der Waals surface area (Å²) in [6.45, 7) is 2.40. The average Bonchev–Trinajstić information content (AvgIpc) is 3.43. The summed E-state index contributed by atoms with van der Waals surface area (Å²) in [5.74, 6) is 0.500. The molecule has 0 saturated heterocycles. The van der Waals surface area contributed by atoms with Crippen molar-refractivity contribution in [1.29, 1.82) is 0 Å². The number of benzene rings is 2. The van der Waals surface area contributed by atoms with Crippen molar-refractivity contribution in [3.05, 3.63) is 76.5 Å². The summed E-state index contributed by atoms with van der Waals surface area (Å²) < 4.78 is 0. The standard InChI is InChI=1S/C22H21N3O/c26-22(24-11-14-5-6-16-12-23-13-17(16)9-14)19-10-21(15-7-8-15)25-20-4-2-1-3-18(19)20/h1-6,9-10,15,23H,7-8,11-13H2,(H,24,26). The minimum atomic E-state index is -0.0240. The molecule has 5 rings (SSSR count). The van der Waals surface area contributed by atoms with Crippen LogP contribution in [0.3, 0.4) is 0 Å². The van der Waals surface area contributed by atoms with Gasteiger partial charge in [0.05, 0.1) is 11.1 Å². The second-order valence-corrected chi connectivity index (χ2v) is 7.28. The number of carbonyl (C=O) groups excluding carboxylic acids is 1. The van der Waals surface area contributed by atoms with E-state index in [0.29, 0.717) is 12.5 Å². The topological polar surface area (TPSA) is 54.0 Å². The Morgan fingerprint density at radius 3 is 2.81 bits per heavy atom. The van der Waals surface area contributed by atoms with Gasteiger partial charge in [0, 0.05) is 36.6 Å². The molecule has 4 nitrogen and oxygen atoms in total. The summed E-state index contributed by atoms with van der Waals surface area (Å²) in [5, 5.41) is 7.38. The van der Waals surface area contributed by atoms with Crippen LogP contribution in [-0.2, 0) is 19.6 Å². The number of nitrogens with zero attached hydrogens (tertiary/aromatic N) is 1. The summed E-state index contributed by atoms with van der Waals surface area (Å²) in [7, 11) is 0. The molecule has 130 valence electrons. The number of hydrogen-bond acceptors (Lipinski definition) is 3. The van der Waals surface area contributed by atoms with Crippen LogP contribution < -0.4 is 10.6 Å². The molecule has 1 amide bonds. The van der Waals surface area contributed by atoms with Gasteiger partial charge in [0.15, 0.2) is 0 Å². The van der Waals surface area contributed by atoms with E-state index in [1.54, 1.807) is 0 Å². The Balaban J connectivity index is 1.41. The van der Waals surface area contributed by atoms with Crippen molar-refractivity contribution in [3.63, 3.8) is 0 Å². The van der Waals surface area contributed by atoms with Crippen LogP contribution in [0.25, 0.3) is 10.9 Å². The molecule has 0 radical (unpaired) electrons. The van der Waals surface area contributed by atoms with Gasteiger partial charge in [0.25, 0.3) is 5.91 Å². The molecule has 2 aliphatic rings. The second-order valence-electron chi connectivity index (χ2n) is 7.28. The Bertz CT molecular complexity index is 1010. The highest BCUT2D eigenvalue weighted by Gasteiger charge is 2.26. The smallest absolute Gasteiger partial charge is 0.252 e. The number of hydrogen-bond donors (Lipinski definition) is 2. The molecular weight excluding hydrogens is 322 g/mol. The lowest BCUT2D eigenvalue weighted by atomic mass is 10.0. The summed E-state index contributed by atoms with van der Waals surface area (Å²) in [5.41, 5.74) is 6.53. The van der Waals surface area contributed by atoms with Crippen LogP contribution in [-0.4, -0.2) is 10.9 Å². The first-order chi connectivity index (χ1) is 12.8. The van der Waals surface area contributed by atoms with E-state index in [1.807, 2.05) is 30.3 Å². The molecule has 26 heavy (non-hydrogen) atoms. The van der Waals surface area contributed by atoms with E-state index in [4.69, 9.17) is 4.98 Å². The van der Waals surface area contributed by atoms with Crippen molar-refractivity contribution in [3.8, 4) is 0 Å². The largest absolute Gasteiger partial charge is 0.348 e. The number of aromatic nitrogens is 1. The van der Waals surface area contributed by atoms with E-state index in [2.05, 4.69) is 28.8 Å². The van der Waals surface area contributed by atoms with Crippen molar-refractivity contribution < 1.29 is 4.79 Å². The Kier molecular flexibility index (Phi) is 3.71. The predicted molar refractivity (Wildman–Crippen MR) is 102 cm³/mol. The summed E-state index contributed by atoms with van der Waals surface area (Å²) in [4.78, 5) is 17.7. The molecule has 0 unspecified atom stereocenters. The van der Waals surface area contributed by atoms with E-state index in [-0.39, 0.29) is 5.91 Å². The van der Waals surface area contributed by atoms with E-state index in [9.17, 15) is 4.79 Å². The van der Waals surface area contributed by atoms with E-state index < -0.39 is 0 Å². The monoisotopic (exact) mass is 343 g/mol. The first-order valence-corrected chi connectivity index (χ1v) is 9.27. The molecule has 2 heterocycles. The first kappa shape index (κ1) is 15.5. The minimum absolute atomic E-state index is 0.0240. The number of pyridine rings is 1. The highest BCUT2D eigenvalue weighted by atomic mass is 16.1. The van der Waals surface area contributed by atoms with Gasteiger partial charge in [-0.15, -0.1) is 0 Å². The van der Waals surface area contributed by atoms with Crippen LogP contribution in [0.15, 0.2) is 48.5 Å². The maximum atomic E-state index is 12.9. The fourth-order valence-electron chi connectivity index (χ4n) is 3.71. The maximum absolute atomic E-state index is 12.9. The Labute approximate surface area is 152 Å². The fourth-order valence-corrected chi connectivity index (χ4v) is 3.71. The van der Waals surface area contributed by atoms with Crippen molar-refractivity contribution in [2.24, 2.45) is 0 Å². The van der Waals surface area contributed by atoms with Crippen molar-refractivity contribution in [2.75, 3.05) is 0 Å². The number of fused-ring (bicyclic) bond motifs is 2. The third kappa shape index (κ3) is 2.86. The normalized spacial score (nSPS) is 15.8. The summed E-state index contributed by atoms with van der Waals surface area (Å²) in [6, 6.07) is 16.4. The van der Waals surface area contributed by atoms with Crippen LogP contribution in [0, 0.1) is 0 Å². The molecule has 1 aliphatic carbocycles. The van der Waals surface area contributed by atoms with Crippen molar-refractivity contribution >= 4 is 16.8 Å². The van der Waals surface area contributed by atoms with Gasteiger partial charge in [-0.05, 0) is 41.7 Å². The SMILES string of the molecule is O=C(NCc1ccc2c(c1)CNC2)c1cc(C2CC2)nc2ccccc12. The van der Waals surface area contributed by atoms with Crippen LogP contribution in [0.4, 0.5) is 0 Å². The number of nitrogens with one attached hydrogen (secondary N) is 2. The summed E-state index contributed by atoms with van der Waals surface area (Å²) >= 11 is 0. The predicted octanol–water partition coefficient (Wildman–Crippen LogP) is 3.65. The third-order valence-electron chi connectivity index (χ3n) is 5.33. The number of para-hydroxylation sites is 1. The molecule has 3 aromatic rings. The zero-order valence-corrected chi connectivity index (χ0v) is 14.6. The second kappa shape index (κ2) is 6.22. The zero-order valence-electron chi connectivity index (χ0n) is 14.6. The van der Waals surface area contributed by atoms with E-state index in [0.717, 1.165) is 40.8 Å². The van der Waals surface area contributed by atoms with E-state index in [1.165, 1.54) is 24.0 Å². The van der Waals surface area contributed by atoms with Gasteiger partial charge in [0.1, 0.15) is 0 Å². The van der Waals surface area contributed by atoms with Crippen LogP contribution in [0.1, 0.15) is 51.5 Å². The molecule has 1 aromatic heterocycles. The third-order valence-corrected chi connectivity index (χ3v) is 5.33. The molecule has 2 N–H and O–H groups in total. The Hall–Kier alpha value is -2.72. The van der Waals surface area contributed by atoms with Crippen LogP contribution >= 0.6 is 0 Å². The summed E-state index contributed by atoms with van der Waals surface area (Å²) in [6.07, 6.45) is 2.35.